The second kappa shape index (κ2) is 10.3. The zero-order valence-electron chi connectivity index (χ0n) is 20.0. The lowest BCUT2D eigenvalue weighted by molar-refractivity contribution is -0.155. The molecule has 1 N–H and O–H groups in total. The Morgan fingerprint density at radius 2 is 1.61 bits per heavy atom. The van der Waals surface area contributed by atoms with Crippen molar-refractivity contribution in [3.63, 3.8) is 0 Å². The molecule has 0 aliphatic carbocycles. The molecule has 6 nitrogen and oxygen atoms in total. The lowest BCUT2D eigenvalue weighted by atomic mass is 9.86. The van der Waals surface area contributed by atoms with E-state index in [4.69, 9.17) is 4.74 Å². The summed E-state index contributed by atoms with van der Waals surface area (Å²) < 4.78 is 5.31. The molecule has 1 aliphatic heterocycles. The molecule has 1 aromatic carbocycles. The van der Waals surface area contributed by atoms with E-state index in [2.05, 4.69) is 39.9 Å². The zero-order chi connectivity index (χ0) is 23.3. The van der Waals surface area contributed by atoms with E-state index in [1.54, 1.807) is 17.0 Å². The molecule has 0 saturated carbocycles. The number of nitrogens with one attached hydrogen (secondary N) is 1. The average molecular weight is 431 g/mol. The van der Waals surface area contributed by atoms with E-state index >= 15 is 0 Å². The van der Waals surface area contributed by atoms with Crippen LogP contribution >= 0.6 is 0 Å². The number of nitrogens with zero attached hydrogens (tertiary/aromatic N) is 1. The van der Waals surface area contributed by atoms with E-state index in [1.165, 1.54) is 0 Å². The van der Waals surface area contributed by atoms with Gasteiger partial charge in [0.2, 0.25) is 0 Å². The number of benzene rings is 1. The van der Waals surface area contributed by atoms with Crippen LogP contribution in [0.25, 0.3) is 0 Å². The number of esters is 1. The molecule has 1 fully saturated rings. The topological polar surface area (TPSA) is 75.7 Å². The number of rotatable bonds is 6. The molecule has 0 radical (unpaired) electrons. The van der Waals surface area contributed by atoms with Crippen LogP contribution in [0.5, 0.6) is 0 Å². The second-order valence-corrected chi connectivity index (χ2v) is 10.4. The van der Waals surface area contributed by atoms with Crippen molar-refractivity contribution in [1.29, 1.82) is 0 Å². The first-order valence-electron chi connectivity index (χ1n) is 11.2. The van der Waals surface area contributed by atoms with Gasteiger partial charge in [-0.1, -0.05) is 60.6 Å². The molecule has 2 amide bonds. The van der Waals surface area contributed by atoms with Crippen molar-refractivity contribution in [2.45, 2.75) is 66.3 Å². The fourth-order valence-electron chi connectivity index (χ4n) is 4.02. The highest BCUT2D eigenvalue weighted by Crippen LogP contribution is 2.23. The van der Waals surface area contributed by atoms with Crippen molar-refractivity contribution < 1.29 is 19.1 Å². The predicted octanol–water partition coefficient (Wildman–Crippen LogP) is 3.79. The number of carbonyl (C=O) groups is 3. The smallest absolute Gasteiger partial charge is 0.329 e. The molecule has 31 heavy (non-hydrogen) atoms. The predicted molar refractivity (Wildman–Crippen MR) is 122 cm³/mol. The number of hydrogen-bond donors (Lipinski definition) is 1. The normalized spacial score (nSPS) is 20.3. The van der Waals surface area contributed by atoms with Crippen molar-refractivity contribution in [3.05, 3.63) is 35.4 Å². The lowest BCUT2D eigenvalue weighted by Gasteiger charge is -2.35. The number of carbonyl (C=O) groups excluding carboxylic acids is 3. The number of piperidine rings is 1. The summed E-state index contributed by atoms with van der Waals surface area (Å²) in [5, 5.41) is 2.77. The maximum atomic E-state index is 12.7. The van der Waals surface area contributed by atoms with Crippen molar-refractivity contribution in [3.8, 4) is 0 Å². The van der Waals surface area contributed by atoms with Gasteiger partial charge in [0.1, 0.15) is 6.04 Å². The fraction of sp³-hybridized carbons (Fsp3) is 0.640. The molecule has 0 spiro atoms. The van der Waals surface area contributed by atoms with E-state index in [0.29, 0.717) is 30.5 Å². The van der Waals surface area contributed by atoms with Gasteiger partial charge in [-0.15, -0.1) is 0 Å². The van der Waals surface area contributed by atoms with E-state index in [0.717, 1.165) is 12.0 Å². The molecule has 1 heterocycles. The maximum absolute atomic E-state index is 12.7. The largest absolute Gasteiger partial charge is 0.454 e. The first-order chi connectivity index (χ1) is 14.4. The number of likely N-dealkylation sites (tertiary alicyclic amines) is 1. The van der Waals surface area contributed by atoms with Crippen LogP contribution in [0.15, 0.2) is 24.3 Å². The minimum Gasteiger partial charge on any atom is -0.454 e. The van der Waals surface area contributed by atoms with Crippen LogP contribution < -0.4 is 5.32 Å². The molecule has 0 bridgehead atoms. The summed E-state index contributed by atoms with van der Waals surface area (Å²) in [7, 11) is 0. The summed E-state index contributed by atoms with van der Waals surface area (Å²) in [5.74, 6) is -0.387. The summed E-state index contributed by atoms with van der Waals surface area (Å²) in [4.78, 5) is 39.6. The highest BCUT2D eigenvalue weighted by atomic mass is 16.5. The van der Waals surface area contributed by atoms with Crippen LogP contribution in [0.4, 0.5) is 0 Å². The van der Waals surface area contributed by atoms with E-state index < -0.39 is 12.0 Å². The second-order valence-electron chi connectivity index (χ2n) is 10.4. The van der Waals surface area contributed by atoms with Crippen molar-refractivity contribution in [2.75, 3.05) is 19.7 Å². The van der Waals surface area contributed by atoms with E-state index in [9.17, 15) is 14.4 Å². The van der Waals surface area contributed by atoms with E-state index in [-0.39, 0.29) is 29.8 Å². The highest BCUT2D eigenvalue weighted by molar-refractivity contribution is 5.97. The van der Waals surface area contributed by atoms with Gasteiger partial charge in [0.25, 0.3) is 11.8 Å². The SMILES string of the molecule is CC(C)[C@H](NC(=O)c1ccc(C(C)(C)C)cc1)C(=O)OCC(=O)N1C[C@H](C)C[C@@H](C)C1. The third-order valence-electron chi connectivity index (χ3n) is 5.78. The van der Waals surface area contributed by atoms with Gasteiger partial charge in [-0.2, -0.15) is 0 Å². The summed E-state index contributed by atoms with van der Waals surface area (Å²) in [6.07, 6.45) is 1.10. The Labute approximate surface area is 186 Å². The van der Waals surface area contributed by atoms with Crippen molar-refractivity contribution in [1.82, 2.24) is 10.2 Å². The van der Waals surface area contributed by atoms with Gasteiger partial charge in [-0.25, -0.2) is 4.79 Å². The Hall–Kier alpha value is -2.37. The molecule has 1 saturated heterocycles. The maximum Gasteiger partial charge on any atom is 0.329 e. The van der Waals surface area contributed by atoms with Crippen LogP contribution in [0, 0.1) is 17.8 Å². The Morgan fingerprint density at radius 1 is 1.06 bits per heavy atom. The zero-order valence-corrected chi connectivity index (χ0v) is 20.0. The average Bonchev–Trinajstić information content (AvgIpc) is 2.68. The molecular weight excluding hydrogens is 392 g/mol. The first kappa shape index (κ1) is 24.9. The summed E-state index contributed by atoms with van der Waals surface area (Å²) in [5.41, 5.74) is 1.61. The number of amides is 2. The van der Waals surface area contributed by atoms with Crippen LogP contribution in [-0.4, -0.2) is 48.4 Å². The summed E-state index contributed by atoms with van der Waals surface area (Å²) in [6.45, 7) is 15.3. The fourth-order valence-corrected chi connectivity index (χ4v) is 4.02. The monoisotopic (exact) mass is 430 g/mol. The molecule has 1 aromatic rings. The van der Waals surface area contributed by atoms with Gasteiger partial charge in [-0.3, -0.25) is 9.59 Å². The third-order valence-corrected chi connectivity index (χ3v) is 5.78. The van der Waals surface area contributed by atoms with Gasteiger partial charge in [0, 0.05) is 18.7 Å². The molecule has 3 atom stereocenters. The summed E-state index contributed by atoms with van der Waals surface area (Å²) >= 11 is 0. The van der Waals surface area contributed by atoms with Crippen molar-refractivity contribution in [2.24, 2.45) is 17.8 Å². The van der Waals surface area contributed by atoms with Crippen LogP contribution in [0.3, 0.4) is 0 Å². The summed E-state index contributed by atoms with van der Waals surface area (Å²) in [6, 6.07) is 6.57. The molecule has 0 unspecified atom stereocenters. The van der Waals surface area contributed by atoms with Gasteiger partial charge in [0.15, 0.2) is 6.61 Å². The highest BCUT2D eigenvalue weighted by Gasteiger charge is 2.29. The molecule has 2 rings (SSSR count). The van der Waals surface area contributed by atoms with Crippen LogP contribution in [0.2, 0.25) is 0 Å². The van der Waals surface area contributed by atoms with Crippen LogP contribution in [-0.2, 0) is 19.7 Å². The quantitative estimate of drug-likeness (QED) is 0.697. The van der Waals surface area contributed by atoms with Crippen LogP contribution in [0.1, 0.15) is 70.8 Å². The van der Waals surface area contributed by atoms with Gasteiger partial charge < -0.3 is 15.0 Å². The number of hydrogen-bond acceptors (Lipinski definition) is 4. The minimum absolute atomic E-state index is 0.00421. The first-order valence-corrected chi connectivity index (χ1v) is 11.2. The van der Waals surface area contributed by atoms with Crippen molar-refractivity contribution >= 4 is 17.8 Å². The third kappa shape index (κ3) is 7.08. The Kier molecular flexibility index (Phi) is 8.27. The molecule has 172 valence electrons. The van der Waals surface area contributed by atoms with E-state index in [1.807, 2.05) is 26.0 Å². The lowest BCUT2D eigenvalue weighted by Crippen LogP contribution is -2.47. The van der Waals surface area contributed by atoms with Gasteiger partial charge in [0.05, 0.1) is 0 Å². The number of ether oxygens (including phenoxy) is 1. The minimum atomic E-state index is -0.818. The standard InChI is InChI=1S/C25H38N2O4/c1-16(2)22(26-23(29)19-8-10-20(11-9-19)25(5,6)7)24(30)31-15-21(28)27-13-17(3)12-18(4)14-27/h8-11,16-18,22H,12-15H2,1-7H3,(H,26,29)/t17-,18-,22+/m1/s1. The molecular formula is C25H38N2O4. The molecule has 0 aromatic heterocycles. The van der Waals surface area contributed by atoms with Gasteiger partial charge in [-0.05, 0) is 47.3 Å². The Morgan fingerprint density at radius 3 is 2.10 bits per heavy atom. The Bertz CT molecular complexity index is 770. The van der Waals surface area contributed by atoms with Gasteiger partial charge >= 0.3 is 5.97 Å². The molecule has 1 aliphatic rings. The molecule has 6 heteroatoms. The Balaban J connectivity index is 1.96.